The third kappa shape index (κ3) is 4.16. The zero-order chi connectivity index (χ0) is 17.6. The first kappa shape index (κ1) is 17.4. The Labute approximate surface area is 147 Å². The van der Waals surface area contributed by atoms with Crippen molar-refractivity contribution in [2.24, 2.45) is 0 Å². The van der Waals surface area contributed by atoms with Crippen molar-refractivity contribution in [1.82, 2.24) is 9.88 Å². The number of halogens is 1. The van der Waals surface area contributed by atoms with Crippen LogP contribution in [0.4, 0.5) is 4.39 Å². The number of likely N-dealkylation sites (tertiary alicyclic amines) is 1. The van der Waals surface area contributed by atoms with Crippen molar-refractivity contribution in [3.63, 3.8) is 0 Å². The fourth-order valence-corrected chi connectivity index (χ4v) is 3.44. The normalized spacial score (nSPS) is 17.8. The number of nitrogens with zero attached hydrogens (tertiary/aromatic N) is 2. The third-order valence-electron chi connectivity index (χ3n) is 4.74. The molecule has 1 aliphatic rings. The van der Waals surface area contributed by atoms with Crippen LogP contribution in [0.25, 0.3) is 0 Å². The Hall–Kier alpha value is -2.43. The Kier molecular flexibility index (Phi) is 5.64. The molecule has 1 amide bonds. The average Bonchev–Trinajstić information content (AvgIpc) is 2.89. The maximum absolute atomic E-state index is 13.9. The van der Waals surface area contributed by atoms with Crippen LogP contribution in [-0.4, -0.2) is 29.4 Å². The minimum absolute atomic E-state index is 0.0354. The summed E-state index contributed by atoms with van der Waals surface area (Å²) in [5.41, 5.74) is 1.78. The van der Waals surface area contributed by atoms with Gasteiger partial charge in [0.2, 0.25) is 5.91 Å². The van der Waals surface area contributed by atoms with Crippen molar-refractivity contribution < 1.29 is 13.9 Å². The number of carbonyl (C=O) groups excluding carboxylic acids is 1. The van der Waals surface area contributed by atoms with E-state index in [4.69, 9.17) is 4.74 Å². The average molecular weight is 342 g/mol. The Morgan fingerprint density at radius 2 is 2.04 bits per heavy atom. The molecule has 132 valence electrons. The quantitative estimate of drug-likeness (QED) is 0.846. The lowest BCUT2D eigenvalue weighted by molar-refractivity contribution is -0.132. The Morgan fingerprint density at radius 3 is 2.76 bits per heavy atom. The van der Waals surface area contributed by atoms with Crippen molar-refractivity contribution >= 4 is 5.91 Å². The highest BCUT2D eigenvalue weighted by molar-refractivity contribution is 5.79. The summed E-state index contributed by atoms with van der Waals surface area (Å²) in [6.07, 6.45) is 7.92. The van der Waals surface area contributed by atoms with Gasteiger partial charge in [-0.05, 0) is 48.2 Å². The molecule has 1 fully saturated rings. The zero-order valence-corrected chi connectivity index (χ0v) is 14.5. The van der Waals surface area contributed by atoms with E-state index in [9.17, 15) is 9.18 Å². The fourth-order valence-electron chi connectivity index (χ4n) is 3.44. The molecule has 2 aromatic rings. The summed E-state index contributed by atoms with van der Waals surface area (Å²) in [6.45, 7) is 0.741. The van der Waals surface area contributed by atoms with Crippen LogP contribution in [0, 0.1) is 5.82 Å². The standard InChI is InChI=1S/C20H23FN2O2/c1-25-19-7-6-15(13-17(19)21)14-20(24)23-12-4-2-3-5-18(23)16-8-10-22-11-9-16/h6-11,13,18H,2-5,12,14H2,1H3/t18-/m1/s1. The van der Waals surface area contributed by atoms with Crippen LogP contribution in [0.1, 0.15) is 42.9 Å². The Bertz CT molecular complexity index is 721. The number of hydrogen-bond donors (Lipinski definition) is 0. The van der Waals surface area contributed by atoms with E-state index >= 15 is 0 Å². The molecule has 0 spiro atoms. The van der Waals surface area contributed by atoms with Crippen LogP contribution in [0.5, 0.6) is 5.75 Å². The minimum Gasteiger partial charge on any atom is -0.494 e. The van der Waals surface area contributed by atoms with Crippen LogP contribution >= 0.6 is 0 Å². The van der Waals surface area contributed by atoms with Gasteiger partial charge in [0.25, 0.3) is 0 Å². The van der Waals surface area contributed by atoms with E-state index in [1.54, 1.807) is 24.5 Å². The second-order valence-electron chi connectivity index (χ2n) is 6.38. The summed E-state index contributed by atoms with van der Waals surface area (Å²) in [7, 11) is 1.43. The van der Waals surface area contributed by atoms with Crippen LogP contribution < -0.4 is 4.74 Å². The molecule has 0 unspecified atom stereocenters. The van der Waals surface area contributed by atoms with Gasteiger partial charge in [0.05, 0.1) is 19.6 Å². The van der Waals surface area contributed by atoms with Crippen molar-refractivity contribution in [3.05, 3.63) is 59.7 Å². The van der Waals surface area contributed by atoms with E-state index in [0.29, 0.717) is 5.56 Å². The van der Waals surface area contributed by atoms with Gasteiger partial charge in [0, 0.05) is 18.9 Å². The molecule has 1 atom stereocenters. The molecule has 4 nitrogen and oxygen atoms in total. The number of hydrogen-bond acceptors (Lipinski definition) is 3. The first-order valence-electron chi connectivity index (χ1n) is 8.71. The molecular weight excluding hydrogens is 319 g/mol. The molecule has 1 aliphatic heterocycles. The topological polar surface area (TPSA) is 42.4 Å². The summed E-state index contributed by atoms with van der Waals surface area (Å²) >= 11 is 0. The van der Waals surface area contributed by atoms with Gasteiger partial charge in [-0.15, -0.1) is 0 Å². The first-order valence-corrected chi connectivity index (χ1v) is 8.71. The summed E-state index contributed by atoms with van der Waals surface area (Å²) < 4.78 is 18.8. The molecule has 0 saturated carbocycles. The van der Waals surface area contributed by atoms with Gasteiger partial charge in [-0.3, -0.25) is 9.78 Å². The number of benzene rings is 1. The number of carbonyl (C=O) groups is 1. The maximum atomic E-state index is 13.9. The molecule has 1 aromatic heterocycles. The van der Waals surface area contributed by atoms with Gasteiger partial charge in [0.15, 0.2) is 11.6 Å². The molecule has 0 aliphatic carbocycles. The third-order valence-corrected chi connectivity index (χ3v) is 4.74. The lowest BCUT2D eigenvalue weighted by Gasteiger charge is -2.30. The molecular formula is C20H23FN2O2. The molecule has 0 radical (unpaired) electrons. The van der Waals surface area contributed by atoms with E-state index in [1.165, 1.54) is 13.2 Å². The van der Waals surface area contributed by atoms with E-state index in [1.807, 2.05) is 17.0 Å². The number of aromatic nitrogens is 1. The smallest absolute Gasteiger partial charge is 0.227 e. The number of ether oxygens (including phenoxy) is 1. The summed E-state index contributed by atoms with van der Waals surface area (Å²) in [5, 5.41) is 0. The van der Waals surface area contributed by atoms with Crippen molar-refractivity contribution in [1.29, 1.82) is 0 Å². The van der Waals surface area contributed by atoms with Crippen LogP contribution in [0.2, 0.25) is 0 Å². The summed E-state index contributed by atoms with van der Waals surface area (Å²) in [6, 6.07) is 8.73. The largest absolute Gasteiger partial charge is 0.494 e. The lowest BCUT2D eigenvalue weighted by Crippen LogP contribution is -2.35. The SMILES string of the molecule is COc1ccc(CC(=O)N2CCCCC[C@@H]2c2ccncc2)cc1F. The predicted molar refractivity (Wildman–Crippen MR) is 93.8 cm³/mol. The molecule has 0 bridgehead atoms. The fraction of sp³-hybridized carbons (Fsp3) is 0.400. The molecule has 1 saturated heterocycles. The monoisotopic (exact) mass is 342 g/mol. The summed E-state index contributed by atoms with van der Waals surface area (Å²) in [4.78, 5) is 18.9. The van der Waals surface area contributed by atoms with Gasteiger partial charge >= 0.3 is 0 Å². The van der Waals surface area contributed by atoms with Crippen molar-refractivity contribution in [2.75, 3.05) is 13.7 Å². The lowest BCUT2D eigenvalue weighted by atomic mass is 10.0. The zero-order valence-electron chi connectivity index (χ0n) is 14.5. The number of rotatable bonds is 4. The van der Waals surface area contributed by atoms with E-state index in [-0.39, 0.29) is 24.1 Å². The predicted octanol–water partition coefficient (Wildman–Crippen LogP) is 3.92. The van der Waals surface area contributed by atoms with Crippen LogP contribution in [0.15, 0.2) is 42.7 Å². The second-order valence-corrected chi connectivity index (χ2v) is 6.38. The van der Waals surface area contributed by atoms with Gasteiger partial charge in [-0.1, -0.05) is 18.9 Å². The first-order chi connectivity index (χ1) is 12.2. The minimum atomic E-state index is -0.436. The van der Waals surface area contributed by atoms with Gasteiger partial charge in [-0.25, -0.2) is 4.39 Å². The van der Waals surface area contributed by atoms with Gasteiger partial charge in [0.1, 0.15) is 0 Å². The molecule has 3 rings (SSSR count). The Balaban J connectivity index is 1.79. The van der Waals surface area contributed by atoms with E-state index in [2.05, 4.69) is 4.98 Å². The van der Waals surface area contributed by atoms with Crippen LogP contribution in [-0.2, 0) is 11.2 Å². The molecule has 1 aromatic carbocycles. The highest BCUT2D eigenvalue weighted by Crippen LogP contribution is 2.30. The van der Waals surface area contributed by atoms with E-state index in [0.717, 1.165) is 37.8 Å². The van der Waals surface area contributed by atoms with Crippen molar-refractivity contribution in [3.8, 4) is 5.75 Å². The van der Waals surface area contributed by atoms with Gasteiger partial charge < -0.3 is 9.64 Å². The maximum Gasteiger partial charge on any atom is 0.227 e. The highest BCUT2D eigenvalue weighted by atomic mass is 19.1. The summed E-state index contributed by atoms with van der Waals surface area (Å²) in [5.74, 6) is -0.205. The molecule has 2 heterocycles. The van der Waals surface area contributed by atoms with Crippen LogP contribution in [0.3, 0.4) is 0 Å². The van der Waals surface area contributed by atoms with E-state index < -0.39 is 5.82 Å². The highest BCUT2D eigenvalue weighted by Gasteiger charge is 2.26. The molecule has 5 heteroatoms. The number of pyridine rings is 1. The van der Waals surface area contributed by atoms with Crippen molar-refractivity contribution in [2.45, 2.75) is 38.1 Å². The number of amides is 1. The number of methoxy groups -OCH3 is 1. The van der Waals surface area contributed by atoms with Gasteiger partial charge in [-0.2, -0.15) is 0 Å². The molecule has 0 N–H and O–H groups in total. The second kappa shape index (κ2) is 8.10. The molecule has 25 heavy (non-hydrogen) atoms. The Morgan fingerprint density at radius 1 is 1.24 bits per heavy atom.